The van der Waals surface area contributed by atoms with Crippen molar-refractivity contribution in [2.75, 3.05) is 6.54 Å². The van der Waals surface area contributed by atoms with Crippen LogP contribution in [0.3, 0.4) is 0 Å². The van der Waals surface area contributed by atoms with E-state index in [4.69, 9.17) is 5.73 Å². The van der Waals surface area contributed by atoms with E-state index in [2.05, 4.69) is 42.4 Å². The molecule has 2 aromatic rings. The maximum Gasteiger partial charge on any atom is 0.0832 e. The molecule has 0 spiro atoms. The fraction of sp³-hybridized carbons (Fsp3) is 0.385. The fourth-order valence-electron chi connectivity index (χ4n) is 1.88. The highest BCUT2D eigenvalue weighted by Gasteiger charge is 2.05. The van der Waals surface area contributed by atoms with Crippen molar-refractivity contribution in [2.24, 2.45) is 5.73 Å². The highest BCUT2D eigenvalue weighted by molar-refractivity contribution is 5.41. The van der Waals surface area contributed by atoms with Crippen LogP contribution >= 0.6 is 0 Å². The number of aromatic nitrogens is 3. The van der Waals surface area contributed by atoms with Gasteiger partial charge in [-0.15, -0.1) is 5.10 Å². The number of benzene rings is 1. The highest BCUT2D eigenvalue weighted by Crippen LogP contribution is 2.14. The number of aryl methyl sites for hydroxylation is 3. The van der Waals surface area contributed by atoms with Crippen molar-refractivity contribution in [2.45, 2.75) is 26.7 Å². The van der Waals surface area contributed by atoms with Gasteiger partial charge in [0.25, 0.3) is 0 Å². The summed E-state index contributed by atoms with van der Waals surface area (Å²) in [5, 5.41) is 8.31. The lowest BCUT2D eigenvalue weighted by molar-refractivity contribution is 0.776. The van der Waals surface area contributed by atoms with Crippen LogP contribution in [0.4, 0.5) is 0 Å². The molecule has 0 atom stereocenters. The van der Waals surface area contributed by atoms with Gasteiger partial charge < -0.3 is 5.73 Å². The summed E-state index contributed by atoms with van der Waals surface area (Å²) in [6.45, 7) is 4.87. The molecule has 17 heavy (non-hydrogen) atoms. The molecule has 0 amide bonds. The van der Waals surface area contributed by atoms with Crippen LogP contribution in [0.1, 0.15) is 23.2 Å². The highest BCUT2D eigenvalue weighted by atomic mass is 15.4. The first-order valence-corrected chi connectivity index (χ1v) is 5.89. The Balaban J connectivity index is 2.24. The molecule has 1 heterocycles. The standard InChI is InChI=1S/C13H18N4/c1-10-5-6-13(11(2)8-10)17-9-12(15-16-17)4-3-7-14/h5-6,8-9H,3-4,7,14H2,1-2H3. The van der Waals surface area contributed by atoms with Crippen molar-refractivity contribution in [3.05, 3.63) is 41.2 Å². The molecular weight excluding hydrogens is 212 g/mol. The Bertz CT molecular complexity index is 502. The van der Waals surface area contributed by atoms with Gasteiger partial charge in [0.2, 0.25) is 0 Å². The Morgan fingerprint density at radius 3 is 2.82 bits per heavy atom. The molecule has 0 radical (unpaired) electrons. The molecule has 1 aromatic carbocycles. The first-order valence-electron chi connectivity index (χ1n) is 5.89. The van der Waals surface area contributed by atoms with Crippen molar-refractivity contribution in [1.29, 1.82) is 0 Å². The monoisotopic (exact) mass is 230 g/mol. The number of nitrogens with two attached hydrogens (primary N) is 1. The van der Waals surface area contributed by atoms with Gasteiger partial charge in [-0.05, 0) is 44.9 Å². The van der Waals surface area contributed by atoms with E-state index in [1.807, 2.05) is 10.9 Å². The molecule has 1 aromatic heterocycles. The molecule has 0 fully saturated rings. The summed E-state index contributed by atoms with van der Waals surface area (Å²) in [5.74, 6) is 0. The van der Waals surface area contributed by atoms with Gasteiger partial charge >= 0.3 is 0 Å². The third kappa shape index (κ3) is 2.71. The predicted octanol–water partition coefficient (Wildman–Crippen LogP) is 1.78. The topological polar surface area (TPSA) is 56.7 Å². The smallest absolute Gasteiger partial charge is 0.0832 e. The minimum absolute atomic E-state index is 0.691. The van der Waals surface area contributed by atoms with Crippen LogP contribution in [0.5, 0.6) is 0 Å². The van der Waals surface area contributed by atoms with Gasteiger partial charge in [0.1, 0.15) is 0 Å². The van der Waals surface area contributed by atoms with Crippen LogP contribution in [0.2, 0.25) is 0 Å². The van der Waals surface area contributed by atoms with E-state index in [0.717, 1.165) is 24.2 Å². The number of hydrogen-bond donors (Lipinski definition) is 1. The largest absolute Gasteiger partial charge is 0.330 e. The van der Waals surface area contributed by atoms with E-state index < -0.39 is 0 Å². The van der Waals surface area contributed by atoms with Crippen LogP contribution < -0.4 is 5.73 Å². The minimum Gasteiger partial charge on any atom is -0.330 e. The third-order valence-corrected chi connectivity index (χ3v) is 2.78. The van der Waals surface area contributed by atoms with Gasteiger partial charge in [-0.25, -0.2) is 4.68 Å². The van der Waals surface area contributed by atoms with E-state index in [9.17, 15) is 0 Å². The second kappa shape index (κ2) is 5.10. The lowest BCUT2D eigenvalue weighted by atomic mass is 10.1. The molecule has 4 heteroatoms. The van der Waals surface area contributed by atoms with E-state index >= 15 is 0 Å². The van der Waals surface area contributed by atoms with Gasteiger partial charge in [-0.3, -0.25) is 0 Å². The summed E-state index contributed by atoms with van der Waals surface area (Å²) >= 11 is 0. The summed E-state index contributed by atoms with van der Waals surface area (Å²) in [6, 6.07) is 6.31. The van der Waals surface area contributed by atoms with E-state index in [-0.39, 0.29) is 0 Å². The number of rotatable bonds is 4. The Hall–Kier alpha value is -1.68. The summed E-state index contributed by atoms with van der Waals surface area (Å²) < 4.78 is 1.83. The second-order valence-corrected chi connectivity index (χ2v) is 4.34. The van der Waals surface area contributed by atoms with Crippen molar-refractivity contribution in [3.8, 4) is 5.69 Å². The summed E-state index contributed by atoms with van der Waals surface area (Å²) in [5.41, 5.74) is 10.0. The maximum absolute atomic E-state index is 5.48. The molecule has 0 aliphatic rings. The molecule has 0 saturated carbocycles. The average Bonchev–Trinajstić information content (AvgIpc) is 2.75. The van der Waals surface area contributed by atoms with Crippen molar-refractivity contribution in [1.82, 2.24) is 15.0 Å². The van der Waals surface area contributed by atoms with Crippen LogP contribution in [-0.4, -0.2) is 21.5 Å². The normalized spacial score (nSPS) is 10.8. The Kier molecular flexibility index (Phi) is 3.54. The van der Waals surface area contributed by atoms with Gasteiger partial charge in [-0.2, -0.15) is 0 Å². The zero-order chi connectivity index (χ0) is 12.3. The summed E-state index contributed by atoms with van der Waals surface area (Å²) in [7, 11) is 0. The summed E-state index contributed by atoms with van der Waals surface area (Å²) in [4.78, 5) is 0. The first kappa shape index (κ1) is 11.8. The average molecular weight is 230 g/mol. The Labute approximate surface area is 101 Å². The third-order valence-electron chi connectivity index (χ3n) is 2.78. The van der Waals surface area contributed by atoms with Crippen molar-refractivity contribution >= 4 is 0 Å². The van der Waals surface area contributed by atoms with Crippen LogP contribution in [-0.2, 0) is 6.42 Å². The molecule has 90 valence electrons. The fourth-order valence-corrected chi connectivity index (χ4v) is 1.88. The minimum atomic E-state index is 0.691. The number of hydrogen-bond acceptors (Lipinski definition) is 3. The molecule has 0 bridgehead atoms. The molecule has 2 N–H and O–H groups in total. The van der Waals surface area contributed by atoms with Gasteiger partial charge in [0, 0.05) is 0 Å². The molecule has 0 saturated heterocycles. The molecule has 2 rings (SSSR count). The Morgan fingerprint density at radius 2 is 2.12 bits per heavy atom. The van der Waals surface area contributed by atoms with E-state index in [1.54, 1.807) is 0 Å². The van der Waals surface area contributed by atoms with E-state index in [1.165, 1.54) is 11.1 Å². The molecule has 0 unspecified atom stereocenters. The lowest BCUT2D eigenvalue weighted by Gasteiger charge is -2.05. The lowest BCUT2D eigenvalue weighted by Crippen LogP contribution is -2.00. The first-order chi connectivity index (χ1) is 8.20. The zero-order valence-corrected chi connectivity index (χ0v) is 10.3. The molecule has 0 aliphatic carbocycles. The number of nitrogens with zero attached hydrogens (tertiary/aromatic N) is 3. The van der Waals surface area contributed by atoms with Gasteiger partial charge in [-0.1, -0.05) is 22.9 Å². The van der Waals surface area contributed by atoms with E-state index in [0.29, 0.717) is 6.54 Å². The van der Waals surface area contributed by atoms with Crippen LogP contribution in [0, 0.1) is 13.8 Å². The maximum atomic E-state index is 5.48. The van der Waals surface area contributed by atoms with Crippen molar-refractivity contribution < 1.29 is 0 Å². The van der Waals surface area contributed by atoms with Gasteiger partial charge in [0.15, 0.2) is 0 Å². The Morgan fingerprint density at radius 1 is 1.29 bits per heavy atom. The molecule has 4 nitrogen and oxygen atoms in total. The zero-order valence-electron chi connectivity index (χ0n) is 10.3. The quantitative estimate of drug-likeness (QED) is 0.871. The van der Waals surface area contributed by atoms with Crippen LogP contribution in [0.15, 0.2) is 24.4 Å². The second-order valence-electron chi connectivity index (χ2n) is 4.34. The van der Waals surface area contributed by atoms with Crippen LogP contribution in [0.25, 0.3) is 5.69 Å². The van der Waals surface area contributed by atoms with Gasteiger partial charge in [0.05, 0.1) is 17.6 Å². The van der Waals surface area contributed by atoms with Crippen molar-refractivity contribution in [3.63, 3.8) is 0 Å². The SMILES string of the molecule is Cc1ccc(-n2cc(CCCN)nn2)c(C)c1. The molecule has 0 aliphatic heterocycles. The predicted molar refractivity (Wildman–Crippen MR) is 68.2 cm³/mol. The molecular formula is C13H18N4. The summed E-state index contributed by atoms with van der Waals surface area (Å²) in [6.07, 6.45) is 3.82.